The minimum absolute atomic E-state index is 0.0826. The van der Waals surface area contributed by atoms with Crippen molar-refractivity contribution in [3.8, 4) is 0 Å². The van der Waals surface area contributed by atoms with E-state index < -0.39 is 0 Å². The van der Waals surface area contributed by atoms with Crippen molar-refractivity contribution >= 4 is 35.3 Å². The van der Waals surface area contributed by atoms with Gasteiger partial charge < -0.3 is 4.90 Å². The Bertz CT molecular complexity index is 699. The summed E-state index contributed by atoms with van der Waals surface area (Å²) in [6.07, 6.45) is 4.51. The van der Waals surface area contributed by atoms with Gasteiger partial charge in [-0.25, -0.2) is 0 Å². The first kappa shape index (κ1) is 17.1. The van der Waals surface area contributed by atoms with Crippen molar-refractivity contribution < 1.29 is 4.79 Å². The largest absolute Gasteiger partial charge is 0.338 e. The van der Waals surface area contributed by atoms with Crippen molar-refractivity contribution in [1.82, 2.24) is 4.90 Å². The third kappa shape index (κ3) is 4.65. The monoisotopic (exact) mass is 357 g/mol. The van der Waals surface area contributed by atoms with Gasteiger partial charge >= 0.3 is 0 Å². The van der Waals surface area contributed by atoms with E-state index in [1.54, 1.807) is 6.08 Å². The number of benzene rings is 2. The zero-order chi connectivity index (χ0) is 16.8. The third-order valence-electron chi connectivity index (χ3n) is 4.11. The molecule has 124 valence electrons. The molecule has 1 aliphatic rings. The van der Waals surface area contributed by atoms with Gasteiger partial charge in [-0.1, -0.05) is 54.1 Å². The molecule has 0 N–H and O–H groups in total. The number of rotatable bonds is 3. The molecule has 3 rings (SSSR count). The maximum atomic E-state index is 12.4. The minimum atomic E-state index is 0.0826. The van der Waals surface area contributed by atoms with Crippen LogP contribution in [0.25, 0.3) is 6.08 Å². The molecule has 1 unspecified atom stereocenters. The second-order valence-corrected chi connectivity index (χ2v) is 7.52. The maximum absolute atomic E-state index is 12.4. The first-order valence-electron chi connectivity index (χ1n) is 8.11. The number of hydrogen-bond donors (Lipinski definition) is 0. The molecule has 24 heavy (non-hydrogen) atoms. The Balaban J connectivity index is 1.59. The first-order chi connectivity index (χ1) is 11.7. The fourth-order valence-electron chi connectivity index (χ4n) is 2.77. The van der Waals surface area contributed by atoms with Gasteiger partial charge in [0.1, 0.15) is 0 Å². The summed E-state index contributed by atoms with van der Waals surface area (Å²) in [6, 6.07) is 18.0. The molecule has 0 aromatic heterocycles. The van der Waals surface area contributed by atoms with Gasteiger partial charge in [-0.05, 0) is 35.8 Å². The van der Waals surface area contributed by atoms with E-state index in [-0.39, 0.29) is 5.91 Å². The van der Waals surface area contributed by atoms with Gasteiger partial charge in [0.25, 0.3) is 0 Å². The van der Waals surface area contributed by atoms with Crippen LogP contribution in [0, 0.1) is 0 Å². The van der Waals surface area contributed by atoms with Crippen molar-refractivity contribution in [2.24, 2.45) is 0 Å². The number of thioether (sulfide) groups is 1. The second-order valence-electron chi connectivity index (χ2n) is 5.77. The summed E-state index contributed by atoms with van der Waals surface area (Å²) in [5.41, 5.74) is 2.34. The maximum Gasteiger partial charge on any atom is 0.246 e. The Kier molecular flexibility index (Phi) is 6.00. The molecular formula is C20H20ClNOS. The summed E-state index contributed by atoms with van der Waals surface area (Å²) in [5, 5.41) is 1.18. The highest BCUT2D eigenvalue weighted by Crippen LogP contribution is 2.34. The molecule has 1 atom stereocenters. The molecule has 1 fully saturated rings. The molecule has 0 spiro atoms. The SMILES string of the molecule is O=C(/C=C/c1ccc(Cl)cc1)N1CCSC(c2ccccc2)CC1. The van der Waals surface area contributed by atoms with E-state index in [2.05, 4.69) is 24.3 Å². The van der Waals surface area contributed by atoms with Gasteiger partial charge in [-0.15, -0.1) is 0 Å². The van der Waals surface area contributed by atoms with Gasteiger partial charge in [-0.3, -0.25) is 4.79 Å². The second kappa shape index (κ2) is 8.41. The van der Waals surface area contributed by atoms with Crippen molar-refractivity contribution in [1.29, 1.82) is 0 Å². The Labute approximate surface area is 152 Å². The van der Waals surface area contributed by atoms with Crippen LogP contribution in [0.3, 0.4) is 0 Å². The zero-order valence-electron chi connectivity index (χ0n) is 13.4. The smallest absolute Gasteiger partial charge is 0.246 e. The Morgan fingerprint density at radius 1 is 1.08 bits per heavy atom. The average Bonchev–Trinajstić information content (AvgIpc) is 2.88. The van der Waals surface area contributed by atoms with Crippen LogP contribution in [0.5, 0.6) is 0 Å². The van der Waals surface area contributed by atoms with Gasteiger partial charge in [-0.2, -0.15) is 11.8 Å². The predicted octanol–water partition coefficient (Wildman–Crippen LogP) is 5.06. The van der Waals surface area contributed by atoms with Gasteiger partial charge in [0, 0.05) is 35.2 Å². The van der Waals surface area contributed by atoms with Crippen molar-refractivity contribution in [2.75, 3.05) is 18.8 Å². The van der Waals surface area contributed by atoms with Crippen LogP contribution >= 0.6 is 23.4 Å². The highest BCUT2D eigenvalue weighted by molar-refractivity contribution is 7.99. The summed E-state index contributed by atoms with van der Waals surface area (Å²) < 4.78 is 0. The average molecular weight is 358 g/mol. The lowest BCUT2D eigenvalue weighted by molar-refractivity contribution is -0.125. The number of amides is 1. The predicted molar refractivity (Wildman–Crippen MR) is 103 cm³/mol. The minimum Gasteiger partial charge on any atom is -0.338 e. The Morgan fingerprint density at radius 3 is 2.58 bits per heavy atom. The standard InChI is InChI=1S/C20H20ClNOS/c21-18-9-6-16(7-10-18)8-11-20(23)22-13-12-19(24-15-14-22)17-4-2-1-3-5-17/h1-11,19H,12-15H2/b11-8+. The van der Waals surface area contributed by atoms with Crippen LogP contribution in [-0.2, 0) is 4.79 Å². The molecule has 0 aliphatic carbocycles. The van der Waals surface area contributed by atoms with E-state index in [0.29, 0.717) is 10.3 Å². The van der Waals surface area contributed by atoms with Crippen LogP contribution in [0.1, 0.15) is 22.8 Å². The summed E-state index contributed by atoms with van der Waals surface area (Å²) in [7, 11) is 0. The van der Waals surface area contributed by atoms with E-state index in [4.69, 9.17) is 11.6 Å². The number of carbonyl (C=O) groups is 1. The highest BCUT2D eigenvalue weighted by atomic mass is 35.5. The number of hydrogen-bond acceptors (Lipinski definition) is 2. The van der Waals surface area contributed by atoms with Crippen molar-refractivity contribution in [2.45, 2.75) is 11.7 Å². The fourth-order valence-corrected chi connectivity index (χ4v) is 4.13. The van der Waals surface area contributed by atoms with Gasteiger partial charge in [0.2, 0.25) is 5.91 Å². The summed E-state index contributed by atoms with van der Waals surface area (Å²) in [4.78, 5) is 14.4. The van der Waals surface area contributed by atoms with E-state index >= 15 is 0 Å². The van der Waals surface area contributed by atoms with Crippen LogP contribution in [-0.4, -0.2) is 29.6 Å². The van der Waals surface area contributed by atoms with Crippen LogP contribution in [0.15, 0.2) is 60.7 Å². The van der Waals surface area contributed by atoms with E-state index in [1.807, 2.05) is 53.1 Å². The topological polar surface area (TPSA) is 20.3 Å². The molecule has 2 aromatic carbocycles. The zero-order valence-corrected chi connectivity index (χ0v) is 15.0. The van der Waals surface area contributed by atoms with E-state index in [0.717, 1.165) is 30.8 Å². The molecule has 1 saturated heterocycles. The first-order valence-corrected chi connectivity index (χ1v) is 9.54. The molecule has 1 aliphatic heterocycles. The molecule has 1 heterocycles. The van der Waals surface area contributed by atoms with Crippen molar-refractivity contribution in [3.63, 3.8) is 0 Å². The summed E-state index contributed by atoms with van der Waals surface area (Å²) in [5.74, 6) is 1.05. The lowest BCUT2D eigenvalue weighted by Crippen LogP contribution is -2.31. The highest BCUT2D eigenvalue weighted by Gasteiger charge is 2.20. The Morgan fingerprint density at radius 2 is 1.83 bits per heavy atom. The summed E-state index contributed by atoms with van der Waals surface area (Å²) >= 11 is 7.82. The summed E-state index contributed by atoms with van der Waals surface area (Å²) in [6.45, 7) is 1.61. The van der Waals surface area contributed by atoms with Gasteiger partial charge in [0.15, 0.2) is 0 Å². The molecule has 2 aromatic rings. The molecule has 0 saturated carbocycles. The number of carbonyl (C=O) groups excluding carboxylic acids is 1. The third-order valence-corrected chi connectivity index (χ3v) is 5.69. The van der Waals surface area contributed by atoms with Crippen LogP contribution in [0.2, 0.25) is 5.02 Å². The molecule has 4 heteroatoms. The normalized spacial score (nSPS) is 18.5. The molecular weight excluding hydrogens is 338 g/mol. The molecule has 0 radical (unpaired) electrons. The molecule has 1 amide bonds. The quantitative estimate of drug-likeness (QED) is 0.715. The lowest BCUT2D eigenvalue weighted by atomic mass is 10.1. The van der Waals surface area contributed by atoms with Crippen LogP contribution < -0.4 is 0 Å². The number of halogens is 1. The fraction of sp³-hybridized carbons (Fsp3) is 0.250. The van der Waals surface area contributed by atoms with Crippen molar-refractivity contribution in [3.05, 3.63) is 76.8 Å². The van der Waals surface area contributed by atoms with E-state index in [9.17, 15) is 4.79 Å². The van der Waals surface area contributed by atoms with Crippen LogP contribution in [0.4, 0.5) is 0 Å². The number of nitrogens with zero attached hydrogens (tertiary/aromatic N) is 1. The molecule has 0 bridgehead atoms. The Hall–Kier alpha value is -1.71. The van der Waals surface area contributed by atoms with E-state index in [1.165, 1.54) is 5.56 Å². The molecule has 2 nitrogen and oxygen atoms in total. The lowest BCUT2D eigenvalue weighted by Gasteiger charge is -2.18. The van der Waals surface area contributed by atoms with Gasteiger partial charge in [0.05, 0.1) is 0 Å².